The van der Waals surface area contributed by atoms with Crippen LogP contribution in [0.1, 0.15) is 11.1 Å². The summed E-state index contributed by atoms with van der Waals surface area (Å²) in [6.07, 6.45) is 0.928. The summed E-state index contributed by atoms with van der Waals surface area (Å²) in [5.74, 6) is 0.0797. The maximum Gasteiger partial charge on any atom is 0.218 e. The molecule has 1 aliphatic heterocycles. The van der Waals surface area contributed by atoms with E-state index < -0.39 is 10.0 Å². The highest BCUT2D eigenvalue weighted by atomic mass is 35.5. The highest BCUT2D eigenvalue weighted by molar-refractivity contribution is 7.88. The molecule has 0 spiro atoms. The SMILES string of the molecule is O=S(=O)(Cc1ccccc1)N1CCN(CCc2cccc(Cl)c2)CC1. The van der Waals surface area contributed by atoms with Gasteiger partial charge in [0.15, 0.2) is 0 Å². The van der Waals surface area contributed by atoms with Crippen LogP contribution >= 0.6 is 11.6 Å². The Hall–Kier alpha value is -1.40. The fourth-order valence-electron chi connectivity index (χ4n) is 3.09. The highest BCUT2D eigenvalue weighted by Gasteiger charge is 2.26. The van der Waals surface area contributed by atoms with Gasteiger partial charge in [0.25, 0.3) is 0 Å². The van der Waals surface area contributed by atoms with E-state index in [4.69, 9.17) is 11.6 Å². The standard InChI is InChI=1S/C19H23ClN2O2S/c20-19-8-4-7-17(15-19)9-10-21-11-13-22(14-12-21)25(23,24)16-18-5-2-1-3-6-18/h1-8,15H,9-14,16H2. The fourth-order valence-corrected chi connectivity index (χ4v) is 4.82. The number of piperazine rings is 1. The molecule has 2 aromatic carbocycles. The van der Waals surface area contributed by atoms with E-state index in [1.807, 2.05) is 48.5 Å². The van der Waals surface area contributed by atoms with Crippen LogP contribution in [-0.2, 0) is 22.2 Å². The first kappa shape index (κ1) is 18.4. The Kier molecular flexibility index (Phi) is 6.12. The van der Waals surface area contributed by atoms with Crippen molar-refractivity contribution in [2.45, 2.75) is 12.2 Å². The van der Waals surface area contributed by atoms with Gasteiger partial charge in [0.05, 0.1) is 5.75 Å². The van der Waals surface area contributed by atoms with E-state index in [0.717, 1.165) is 36.6 Å². The van der Waals surface area contributed by atoms with Gasteiger partial charge in [0, 0.05) is 37.7 Å². The number of hydrogen-bond donors (Lipinski definition) is 0. The normalized spacial score (nSPS) is 16.8. The number of benzene rings is 2. The van der Waals surface area contributed by atoms with Gasteiger partial charge in [-0.2, -0.15) is 4.31 Å². The first-order valence-corrected chi connectivity index (χ1v) is 10.5. The molecule has 0 saturated carbocycles. The molecular formula is C19H23ClN2O2S. The van der Waals surface area contributed by atoms with Gasteiger partial charge < -0.3 is 4.90 Å². The second-order valence-electron chi connectivity index (χ2n) is 6.36. The first-order chi connectivity index (χ1) is 12.0. The second kappa shape index (κ2) is 8.32. The Balaban J connectivity index is 1.49. The molecule has 2 aromatic rings. The minimum atomic E-state index is -3.24. The van der Waals surface area contributed by atoms with Crippen molar-refractivity contribution in [3.8, 4) is 0 Å². The molecule has 0 N–H and O–H groups in total. The van der Waals surface area contributed by atoms with Gasteiger partial charge in [-0.25, -0.2) is 8.42 Å². The molecule has 6 heteroatoms. The minimum absolute atomic E-state index is 0.0797. The lowest BCUT2D eigenvalue weighted by Gasteiger charge is -2.34. The van der Waals surface area contributed by atoms with Crippen molar-refractivity contribution >= 4 is 21.6 Å². The molecule has 25 heavy (non-hydrogen) atoms. The highest BCUT2D eigenvalue weighted by Crippen LogP contribution is 2.15. The van der Waals surface area contributed by atoms with Gasteiger partial charge in [-0.3, -0.25) is 0 Å². The zero-order valence-corrected chi connectivity index (χ0v) is 15.7. The monoisotopic (exact) mass is 378 g/mol. The number of nitrogens with zero attached hydrogens (tertiary/aromatic N) is 2. The van der Waals surface area contributed by atoms with Crippen LogP contribution in [0.15, 0.2) is 54.6 Å². The average Bonchev–Trinajstić information content (AvgIpc) is 2.61. The molecule has 0 amide bonds. The molecule has 0 bridgehead atoms. The van der Waals surface area contributed by atoms with Gasteiger partial charge in [0.2, 0.25) is 10.0 Å². The third-order valence-electron chi connectivity index (χ3n) is 4.52. The predicted octanol–water partition coefficient (Wildman–Crippen LogP) is 3.03. The Bertz CT molecular complexity index is 788. The molecule has 0 radical (unpaired) electrons. The summed E-state index contributed by atoms with van der Waals surface area (Å²) >= 11 is 6.02. The van der Waals surface area contributed by atoms with Crippen molar-refractivity contribution in [1.29, 1.82) is 0 Å². The summed E-state index contributed by atoms with van der Waals surface area (Å²) in [5.41, 5.74) is 2.05. The van der Waals surface area contributed by atoms with Crippen molar-refractivity contribution in [2.75, 3.05) is 32.7 Å². The van der Waals surface area contributed by atoms with Crippen molar-refractivity contribution in [3.63, 3.8) is 0 Å². The molecule has 1 aliphatic rings. The predicted molar refractivity (Wildman–Crippen MR) is 102 cm³/mol. The molecule has 134 valence electrons. The van der Waals surface area contributed by atoms with Crippen molar-refractivity contribution in [2.24, 2.45) is 0 Å². The van der Waals surface area contributed by atoms with Crippen LogP contribution in [0, 0.1) is 0 Å². The van der Waals surface area contributed by atoms with Crippen LogP contribution in [0.25, 0.3) is 0 Å². The molecule has 0 unspecified atom stereocenters. The van der Waals surface area contributed by atoms with E-state index in [0.29, 0.717) is 13.1 Å². The van der Waals surface area contributed by atoms with E-state index in [2.05, 4.69) is 11.0 Å². The lowest BCUT2D eigenvalue weighted by molar-refractivity contribution is 0.190. The Morgan fingerprint density at radius 1 is 0.880 bits per heavy atom. The van der Waals surface area contributed by atoms with Crippen LogP contribution in [0.3, 0.4) is 0 Å². The number of sulfonamides is 1. The van der Waals surface area contributed by atoms with E-state index in [1.165, 1.54) is 5.56 Å². The van der Waals surface area contributed by atoms with Crippen LogP contribution in [0.5, 0.6) is 0 Å². The summed E-state index contributed by atoms with van der Waals surface area (Å²) in [4.78, 5) is 2.31. The quantitative estimate of drug-likeness (QED) is 0.775. The summed E-state index contributed by atoms with van der Waals surface area (Å²) in [6, 6.07) is 17.3. The van der Waals surface area contributed by atoms with Crippen LogP contribution in [0.2, 0.25) is 5.02 Å². The van der Waals surface area contributed by atoms with Crippen molar-refractivity contribution in [3.05, 3.63) is 70.7 Å². The molecule has 0 atom stereocenters. The molecule has 1 fully saturated rings. The Morgan fingerprint density at radius 3 is 2.24 bits per heavy atom. The minimum Gasteiger partial charge on any atom is -0.300 e. The van der Waals surface area contributed by atoms with E-state index in [9.17, 15) is 8.42 Å². The van der Waals surface area contributed by atoms with Crippen molar-refractivity contribution in [1.82, 2.24) is 9.21 Å². The zero-order chi connectivity index (χ0) is 17.7. The first-order valence-electron chi connectivity index (χ1n) is 8.51. The Labute approximate surface area is 155 Å². The van der Waals surface area contributed by atoms with Crippen LogP contribution in [0.4, 0.5) is 0 Å². The summed E-state index contributed by atoms with van der Waals surface area (Å²) in [7, 11) is -3.24. The molecular weight excluding hydrogens is 356 g/mol. The fraction of sp³-hybridized carbons (Fsp3) is 0.368. The average molecular weight is 379 g/mol. The molecule has 0 aliphatic carbocycles. The van der Waals surface area contributed by atoms with E-state index in [-0.39, 0.29) is 5.75 Å². The van der Waals surface area contributed by atoms with E-state index in [1.54, 1.807) is 4.31 Å². The van der Waals surface area contributed by atoms with Crippen molar-refractivity contribution < 1.29 is 8.42 Å². The van der Waals surface area contributed by atoms with Gasteiger partial charge in [-0.1, -0.05) is 54.1 Å². The lowest BCUT2D eigenvalue weighted by atomic mass is 10.1. The number of hydrogen-bond acceptors (Lipinski definition) is 3. The second-order valence-corrected chi connectivity index (χ2v) is 8.77. The lowest BCUT2D eigenvalue weighted by Crippen LogP contribution is -2.49. The molecule has 3 rings (SSSR count). The summed E-state index contributed by atoms with van der Waals surface area (Å²) in [5, 5.41) is 0.759. The summed E-state index contributed by atoms with van der Waals surface area (Å²) in [6.45, 7) is 3.59. The van der Waals surface area contributed by atoms with Gasteiger partial charge in [-0.05, 0) is 29.7 Å². The maximum absolute atomic E-state index is 12.6. The Morgan fingerprint density at radius 2 is 1.56 bits per heavy atom. The van der Waals surface area contributed by atoms with E-state index >= 15 is 0 Å². The maximum atomic E-state index is 12.6. The largest absolute Gasteiger partial charge is 0.300 e. The number of rotatable bonds is 6. The smallest absolute Gasteiger partial charge is 0.218 e. The molecule has 1 heterocycles. The number of halogens is 1. The van der Waals surface area contributed by atoms with Gasteiger partial charge >= 0.3 is 0 Å². The third-order valence-corrected chi connectivity index (χ3v) is 6.61. The molecule has 4 nitrogen and oxygen atoms in total. The van der Waals surface area contributed by atoms with Crippen LogP contribution < -0.4 is 0 Å². The third kappa shape index (κ3) is 5.28. The van der Waals surface area contributed by atoms with Gasteiger partial charge in [-0.15, -0.1) is 0 Å². The topological polar surface area (TPSA) is 40.6 Å². The van der Waals surface area contributed by atoms with Crippen LogP contribution in [-0.4, -0.2) is 50.3 Å². The molecule has 0 aromatic heterocycles. The zero-order valence-electron chi connectivity index (χ0n) is 14.1. The molecule has 1 saturated heterocycles. The summed E-state index contributed by atoms with van der Waals surface area (Å²) < 4.78 is 26.8. The van der Waals surface area contributed by atoms with Gasteiger partial charge in [0.1, 0.15) is 0 Å².